The van der Waals surface area contributed by atoms with Crippen molar-refractivity contribution in [3.63, 3.8) is 0 Å². The lowest BCUT2D eigenvalue weighted by Gasteiger charge is -2.05. The van der Waals surface area contributed by atoms with Crippen LogP contribution in [0.15, 0.2) is 0 Å². The molecule has 0 radical (unpaired) electrons. The molecule has 0 aromatic heterocycles. The molecule has 0 aromatic rings. The maximum atomic E-state index is 11.2. The first-order valence-corrected chi connectivity index (χ1v) is 32.1. The molecule has 0 aliphatic carbocycles. The molecule has 10 N–H and O–H groups in total. The third-order valence-electron chi connectivity index (χ3n) is 7.52. The first-order valence-electron chi connectivity index (χ1n) is 21.2. The van der Waals surface area contributed by atoms with Gasteiger partial charge in [-0.3, -0.25) is 14.4 Å². The Morgan fingerprint density at radius 1 is 0.438 bits per heavy atom. The number of aliphatic hydroxyl groups excluding tert-OH is 10. The van der Waals surface area contributed by atoms with Crippen LogP contribution >= 0.6 is 86.4 Å². The maximum absolute atomic E-state index is 11.2. The van der Waals surface area contributed by atoms with Gasteiger partial charge >= 0.3 is 5.97 Å². The van der Waals surface area contributed by atoms with Gasteiger partial charge in [-0.1, -0.05) is 135 Å². The summed E-state index contributed by atoms with van der Waals surface area (Å²) in [6, 6.07) is 0. The fourth-order valence-electron chi connectivity index (χ4n) is 2.98. The molecule has 6 unspecified atom stereocenters. The number of carbonyl (C=O) groups excluding carboxylic acids is 3. The number of esters is 1. The first kappa shape index (κ1) is 82.1. The van der Waals surface area contributed by atoms with Gasteiger partial charge in [-0.25, -0.2) is 0 Å². The van der Waals surface area contributed by atoms with Crippen molar-refractivity contribution in [2.45, 2.75) is 175 Å². The second kappa shape index (κ2) is 70.8. The van der Waals surface area contributed by atoms with E-state index >= 15 is 0 Å². The van der Waals surface area contributed by atoms with Crippen LogP contribution in [0.5, 0.6) is 0 Å². The number of rotatable bonds is 31. The van der Waals surface area contributed by atoms with Crippen molar-refractivity contribution in [2.75, 3.05) is 75.0 Å². The lowest BCUT2D eigenvalue weighted by Crippen LogP contribution is -2.14. The van der Waals surface area contributed by atoms with Crippen LogP contribution in [0.4, 0.5) is 0 Å². The smallest absolute Gasteiger partial charge is 0.308 e. The quantitative estimate of drug-likeness (QED) is 0.0182. The number of hydrogen-bond acceptors (Lipinski definition) is 22. The topological polar surface area (TPSA) is 263 Å². The number of aliphatic hydroxyl groups is 10. The number of carbonyl (C=O) groups is 3. The monoisotopic (exact) mass is 1080 g/mol. The van der Waals surface area contributed by atoms with E-state index in [1.807, 2.05) is 66.6 Å². The molecule has 6 atom stereocenters. The summed E-state index contributed by atoms with van der Waals surface area (Å²) in [5.41, 5.74) is 0. The van der Waals surface area contributed by atoms with E-state index in [4.69, 9.17) is 46.0 Å². The zero-order valence-electron chi connectivity index (χ0n) is 40.1. The van der Waals surface area contributed by atoms with Crippen LogP contribution < -0.4 is 0 Å². The third-order valence-corrected chi connectivity index (χ3v) is 14.9. The second-order valence-corrected chi connectivity index (χ2v) is 23.5. The van der Waals surface area contributed by atoms with E-state index in [2.05, 4.69) is 4.74 Å². The molecule has 0 heterocycles. The lowest BCUT2D eigenvalue weighted by atomic mass is 10.1. The van der Waals surface area contributed by atoms with Crippen molar-refractivity contribution in [3.8, 4) is 0 Å². The van der Waals surface area contributed by atoms with Gasteiger partial charge < -0.3 is 55.8 Å². The van der Waals surface area contributed by atoms with E-state index in [1.165, 1.54) is 7.11 Å². The van der Waals surface area contributed by atoms with Crippen molar-refractivity contribution in [1.82, 2.24) is 0 Å². The fraction of sp³-hybridized carbons (Fsp3) is 0.929. The summed E-state index contributed by atoms with van der Waals surface area (Å²) in [6.07, 6.45) is 13.0. The van der Waals surface area contributed by atoms with Crippen molar-refractivity contribution in [1.29, 1.82) is 0 Å². The highest BCUT2D eigenvalue weighted by Crippen LogP contribution is 2.20. The average molecular weight is 1080 g/mol. The van der Waals surface area contributed by atoms with Gasteiger partial charge in [-0.2, -0.15) is 0 Å². The van der Waals surface area contributed by atoms with Crippen LogP contribution in [0, 0.1) is 0 Å². The normalized spacial score (nSPS) is 12.8. The molecule has 0 saturated carbocycles. The van der Waals surface area contributed by atoms with Gasteiger partial charge in [-0.15, -0.1) is 0 Å². The van der Waals surface area contributed by atoms with E-state index in [1.54, 1.807) is 86.4 Å². The zero-order valence-corrected chi connectivity index (χ0v) is 46.6. The van der Waals surface area contributed by atoms with E-state index in [-0.39, 0.29) is 69.5 Å². The fourth-order valence-corrected chi connectivity index (χ4v) is 8.12. The van der Waals surface area contributed by atoms with Gasteiger partial charge in [0, 0.05) is 48.7 Å². The van der Waals surface area contributed by atoms with Gasteiger partial charge in [0.2, 0.25) is 0 Å². The Morgan fingerprint density at radius 3 is 1.03 bits per heavy atom. The number of ether oxygens (including phenoxy) is 1. The van der Waals surface area contributed by atoms with E-state index < -0.39 is 24.4 Å². The second-order valence-electron chi connectivity index (χ2n) is 12.9. The Kier molecular flexibility index (Phi) is 90.8. The van der Waals surface area contributed by atoms with Crippen LogP contribution in [0.1, 0.15) is 132 Å². The van der Waals surface area contributed by atoms with Gasteiger partial charge in [-0.05, 0) is 76.4 Å². The first-order chi connectivity index (χ1) is 29.8. The molecule has 64 heavy (non-hydrogen) atoms. The van der Waals surface area contributed by atoms with E-state index in [9.17, 15) is 19.5 Å². The molecule has 0 rings (SSSR count). The minimum absolute atomic E-state index is 0. The average Bonchev–Trinajstić information content (AvgIpc) is 3.31. The third kappa shape index (κ3) is 86.4. The predicted octanol–water partition coefficient (Wildman–Crippen LogP) is 7.59. The number of ketones is 2. The van der Waals surface area contributed by atoms with Gasteiger partial charge in [0.15, 0.2) is 0 Å². The Labute approximate surface area is 421 Å². The molecule has 14 nitrogen and oxygen atoms in total. The van der Waals surface area contributed by atoms with Crippen LogP contribution in [-0.2, 0) is 19.1 Å². The maximum Gasteiger partial charge on any atom is 0.308 e. The van der Waals surface area contributed by atoms with Crippen LogP contribution in [0.25, 0.3) is 0 Å². The standard InChI is InChI=1S/C9H18O2S2.C8H16O3S2.C6H12O3.C5H12OS2.C5H12O.C4H10O2S2.C4H10O2.CH4/c1-3-8(10)4-5-9(11)6-7-13-12-2;1-12-13-5-4-7(10)2-3-8(11)6-9;1-3-5(7)4-6(8)9-2;1-3-5(6)4-8-7-2;1-3-5(6)4-2;1-7-8-3-4(6)2-5;1-2-4(6)3-5;/h8,10H,3-7H2,1-2H3;8-9,11H,2-6H2,1H3;5,7H,3-4H2,1-2H3;5-6H,3-4H2,1-2H3;5-6H,3-4H2,1-2H3;4-6H,2-3H2,1H3;4-6H,2-3H2,1H3;1H4. The minimum atomic E-state index is -0.739. The summed E-state index contributed by atoms with van der Waals surface area (Å²) in [5, 5.41) is 86.7. The van der Waals surface area contributed by atoms with Crippen LogP contribution in [-0.4, -0.2) is 186 Å². The highest BCUT2D eigenvalue weighted by atomic mass is 33.1. The summed E-state index contributed by atoms with van der Waals surface area (Å²) in [4.78, 5) is 32.7. The largest absolute Gasteiger partial charge is 0.469 e. The van der Waals surface area contributed by atoms with Crippen molar-refractivity contribution in [2.24, 2.45) is 0 Å². The predicted molar refractivity (Wildman–Crippen MR) is 290 cm³/mol. The molecule has 394 valence electrons. The molecule has 0 saturated heterocycles. The summed E-state index contributed by atoms with van der Waals surface area (Å²) in [5.74, 6) is 3.26. The molecule has 0 aliphatic heterocycles. The number of hydrogen-bond donors (Lipinski definition) is 10. The number of Topliss-reactive ketones (excluding diaryl/α,β-unsaturated/α-hetero) is 2. The highest BCUT2D eigenvalue weighted by Gasteiger charge is 2.08. The molecular formula is C42H94O14S8. The van der Waals surface area contributed by atoms with Gasteiger partial charge in [0.1, 0.15) is 11.6 Å². The lowest BCUT2D eigenvalue weighted by molar-refractivity contribution is -0.142. The molecule has 22 heteroatoms. The molecular weight excluding hydrogens is 985 g/mol. The summed E-state index contributed by atoms with van der Waals surface area (Å²) in [6.45, 7) is 11.0. The Balaban J connectivity index is -0.0000000969. The Bertz CT molecular complexity index is 832. The molecule has 0 aliphatic rings. The summed E-state index contributed by atoms with van der Waals surface area (Å²) < 4.78 is 4.32. The molecule has 0 aromatic carbocycles. The summed E-state index contributed by atoms with van der Waals surface area (Å²) >= 11 is 0. The van der Waals surface area contributed by atoms with Gasteiger partial charge in [0.25, 0.3) is 0 Å². The Morgan fingerprint density at radius 2 is 0.766 bits per heavy atom. The van der Waals surface area contributed by atoms with Crippen molar-refractivity contribution >= 4 is 104 Å². The van der Waals surface area contributed by atoms with E-state index in [0.717, 1.165) is 42.9 Å². The summed E-state index contributed by atoms with van der Waals surface area (Å²) in [7, 11) is 14.6. The van der Waals surface area contributed by atoms with Crippen LogP contribution in [0.3, 0.4) is 0 Å². The molecule has 0 bridgehead atoms. The van der Waals surface area contributed by atoms with Crippen LogP contribution in [0.2, 0.25) is 0 Å². The highest BCUT2D eigenvalue weighted by molar-refractivity contribution is 8.77. The van der Waals surface area contributed by atoms with E-state index in [0.29, 0.717) is 57.1 Å². The SMILES string of the molecule is C.CCC(O)CC.CCC(O)CC(=O)OC.CCC(O)CCC(=O)CCSSC.CCC(O)CO.CCC(O)CSSC.CSSCC(O)CO.CSSCCC(=O)CCC(O)CO. The number of methoxy groups -OCH3 is 1. The minimum Gasteiger partial charge on any atom is -0.469 e. The molecule has 0 amide bonds. The molecule has 0 spiro atoms. The molecule has 0 fully saturated rings. The van der Waals surface area contributed by atoms with Gasteiger partial charge in [0.05, 0.1) is 76.1 Å². The Hall–Kier alpha value is 1.21. The zero-order chi connectivity index (χ0) is 50.3. The van der Waals surface area contributed by atoms with Crippen molar-refractivity contribution < 1.29 is 70.2 Å². The van der Waals surface area contributed by atoms with Crippen molar-refractivity contribution in [3.05, 3.63) is 0 Å².